The third-order valence-corrected chi connectivity index (χ3v) is 3.61. The Kier molecular flexibility index (Phi) is 4.47. The second kappa shape index (κ2) is 6.31. The van der Waals surface area contributed by atoms with Crippen LogP contribution in [0.3, 0.4) is 0 Å². The number of phenolic OH excluding ortho intramolecular Hbond substituents is 1. The lowest BCUT2D eigenvalue weighted by Crippen LogP contribution is -2.36. The van der Waals surface area contributed by atoms with Gasteiger partial charge in [0.25, 0.3) is 0 Å². The van der Waals surface area contributed by atoms with E-state index in [0.717, 1.165) is 12.1 Å². The molecule has 114 valence electrons. The Balaban J connectivity index is 2.34. The normalized spacial score (nSPS) is 14.9. The number of ketones is 1. The van der Waals surface area contributed by atoms with Crippen LogP contribution >= 0.6 is 0 Å². The number of nitriles is 1. The van der Waals surface area contributed by atoms with E-state index >= 15 is 0 Å². The molecule has 1 unspecified atom stereocenters. The van der Waals surface area contributed by atoms with Crippen molar-refractivity contribution in [3.63, 3.8) is 0 Å². The van der Waals surface area contributed by atoms with Crippen molar-refractivity contribution in [1.29, 1.82) is 5.26 Å². The zero-order chi connectivity index (χ0) is 16.3. The number of rotatable bonds is 6. The standard InChI is InChI=1S/C16H17N3O3/c1-3-9(2)18-12-6-14(21)15(12)19-13-5-10(7-17)4-11(8-20)16(13)22/h4-5,8-9,18-19,22H,3,6H2,1-2H3. The van der Waals surface area contributed by atoms with Crippen molar-refractivity contribution in [1.82, 2.24) is 5.32 Å². The number of hydrogen-bond acceptors (Lipinski definition) is 6. The van der Waals surface area contributed by atoms with Crippen molar-refractivity contribution in [3.05, 3.63) is 34.7 Å². The quantitative estimate of drug-likeness (QED) is 0.549. The average Bonchev–Trinajstić information content (AvgIpc) is 2.53. The van der Waals surface area contributed by atoms with Crippen LogP contribution in [0, 0.1) is 11.3 Å². The summed E-state index contributed by atoms with van der Waals surface area (Å²) in [7, 11) is 0. The number of hydrogen-bond donors (Lipinski definition) is 3. The Morgan fingerprint density at radius 3 is 2.77 bits per heavy atom. The van der Waals surface area contributed by atoms with Crippen molar-refractivity contribution in [2.45, 2.75) is 32.7 Å². The second-order valence-corrected chi connectivity index (χ2v) is 5.22. The molecule has 0 radical (unpaired) electrons. The van der Waals surface area contributed by atoms with Crippen LogP contribution < -0.4 is 10.6 Å². The number of carbonyl (C=O) groups excluding carboxylic acids is 2. The smallest absolute Gasteiger partial charge is 0.186 e. The Labute approximate surface area is 128 Å². The predicted octanol–water partition coefficient (Wildman–Crippen LogP) is 2.06. The van der Waals surface area contributed by atoms with Gasteiger partial charge in [0.15, 0.2) is 12.1 Å². The zero-order valence-electron chi connectivity index (χ0n) is 12.4. The first-order valence-electron chi connectivity index (χ1n) is 7.02. The summed E-state index contributed by atoms with van der Waals surface area (Å²) >= 11 is 0. The predicted molar refractivity (Wildman–Crippen MR) is 81.4 cm³/mol. The van der Waals surface area contributed by atoms with E-state index in [4.69, 9.17) is 5.26 Å². The highest BCUT2D eigenvalue weighted by atomic mass is 16.3. The Bertz CT molecular complexity index is 701. The van der Waals surface area contributed by atoms with Gasteiger partial charge in [-0.2, -0.15) is 5.26 Å². The van der Waals surface area contributed by atoms with Crippen molar-refractivity contribution < 1.29 is 14.7 Å². The van der Waals surface area contributed by atoms with Gasteiger partial charge in [-0.05, 0) is 25.5 Å². The van der Waals surface area contributed by atoms with Gasteiger partial charge in [-0.3, -0.25) is 9.59 Å². The second-order valence-electron chi connectivity index (χ2n) is 5.22. The van der Waals surface area contributed by atoms with Crippen LogP contribution in [0.1, 0.15) is 42.6 Å². The van der Waals surface area contributed by atoms with E-state index in [1.165, 1.54) is 12.1 Å². The molecular formula is C16H17N3O3. The Hall–Kier alpha value is -2.81. The van der Waals surface area contributed by atoms with E-state index < -0.39 is 0 Å². The Morgan fingerprint density at radius 1 is 1.50 bits per heavy atom. The number of benzene rings is 1. The lowest BCUT2D eigenvalue weighted by Gasteiger charge is -2.27. The molecule has 1 aromatic carbocycles. The van der Waals surface area contributed by atoms with Gasteiger partial charge in [-0.25, -0.2) is 0 Å². The number of anilines is 1. The van der Waals surface area contributed by atoms with Crippen LogP contribution in [0.25, 0.3) is 0 Å². The fourth-order valence-electron chi connectivity index (χ4n) is 2.11. The van der Waals surface area contributed by atoms with Crippen molar-refractivity contribution in [2.75, 3.05) is 5.32 Å². The molecule has 1 aliphatic rings. The molecule has 0 heterocycles. The molecule has 0 saturated carbocycles. The highest BCUT2D eigenvalue weighted by Gasteiger charge is 2.29. The average molecular weight is 299 g/mol. The summed E-state index contributed by atoms with van der Waals surface area (Å²) in [6.45, 7) is 4.04. The molecule has 0 amide bonds. The first-order valence-corrected chi connectivity index (χ1v) is 7.02. The maximum absolute atomic E-state index is 11.8. The topological polar surface area (TPSA) is 102 Å². The summed E-state index contributed by atoms with van der Waals surface area (Å²) in [6.07, 6.45) is 1.69. The molecule has 0 bridgehead atoms. The van der Waals surface area contributed by atoms with Gasteiger partial charge in [0.2, 0.25) is 0 Å². The highest BCUT2D eigenvalue weighted by Crippen LogP contribution is 2.32. The molecule has 1 aromatic rings. The van der Waals surface area contributed by atoms with Crippen LogP contribution in [-0.2, 0) is 4.79 Å². The molecule has 0 fully saturated rings. The van der Waals surface area contributed by atoms with Gasteiger partial charge >= 0.3 is 0 Å². The SMILES string of the molecule is CCC(C)NC1=C(Nc2cc(C#N)cc(C=O)c2O)C(=O)C1. The lowest BCUT2D eigenvalue weighted by atomic mass is 9.97. The largest absolute Gasteiger partial charge is 0.505 e. The number of Topliss-reactive ketones (excluding diaryl/α,β-unsaturated/α-hetero) is 1. The first kappa shape index (κ1) is 15.6. The van der Waals surface area contributed by atoms with Gasteiger partial charge in [-0.15, -0.1) is 0 Å². The third kappa shape index (κ3) is 2.93. The van der Waals surface area contributed by atoms with Crippen LogP contribution in [-0.4, -0.2) is 23.2 Å². The molecule has 0 aromatic heterocycles. The minimum absolute atomic E-state index is 0.00496. The summed E-state index contributed by atoms with van der Waals surface area (Å²) < 4.78 is 0. The molecule has 1 atom stereocenters. The van der Waals surface area contributed by atoms with E-state index in [9.17, 15) is 14.7 Å². The maximum atomic E-state index is 11.8. The number of aldehydes is 1. The molecule has 0 saturated heterocycles. The summed E-state index contributed by atoms with van der Waals surface area (Å²) in [5.41, 5.74) is 1.54. The van der Waals surface area contributed by atoms with Gasteiger partial charge in [-0.1, -0.05) is 6.92 Å². The van der Waals surface area contributed by atoms with Crippen molar-refractivity contribution in [3.8, 4) is 11.8 Å². The maximum Gasteiger partial charge on any atom is 0.186 e. The molecule has 3 N–H and O–H groups in total. The van der Waals surface area contributed by atoms with E-state index in [1.807, 2.05) is 19.9 Å². The molecule has 22 heavy (non-hydrogen) atoms. The number of carbonyl (C=O) groups is 2. The molecule has 2 rings (SSSR count). The summed E-state index contributed by atoms with van der Waals surface area (Å²) in [4.78, 5) is 22.7. The van der Waals surface area contributed by atoms with Crippen LogP contribution in [0.4, 0.5) is 5.69 Å². The molecular weight excluding hydrogens is 282 g/mol. The van der Waals surface area contributed by atoms with Gasteiger partial charge < -0.3 is 15.7 Å². The van der Waals surface area contributed by atoms with Gasteiger partial charge in [0.05, 0.1) is 29.3 Å². The van der Waals surface area contributed by atoms with Gasteiger partial charge in [0, 0.05) is 11.7 Å². The van der Waals surface area contributed by atoms with E-state index in [1.54, 1.807) is 0 Å². The lowest BCUT2D eigenvalue weighted by molar-refractivity contribution is -0.116. The number of allylic oxidation sites excluding steroid dienone is 2. The third-order valence-electron chi connectivity index (χ3n) is 3.61. The minimum Gasteiger partial charge on any atom is -0.505 e. The highest BCUT2D eigenvalue weighted by molar-refractivity contribution is 6.07. The monoisotopic (exact) mass is 299 g/mol. The van der Waals surface area contributed by atoms with E-state index in [2.05, 4.69) is 10.6 Å². The molecule has 6 nitrogen and oxygen atoms in total. The van der Waals surface area contributed by atoms with E-state index in [-0.39, 0.29) is 34.4 Å². The van der Waals surface area contributed by atoms with Crippen molar-refractivity contribution >= 4 is 17.8 Å². The molecule has 6 heteroatoms. The fraction of sp³-hybridized carbons (Fsp3) is 0.312. The van der Waals surface area contributed by atoms with E-state index in [0.29, 0.717) is 18.4 Å². The summed E-state index contributed by atoms with van der Waals surface area (Å²) in [5, 5.41) is 25.0. The number of nitrogens with one attached hydrogen (secondary N) is 2. The summed E-state index contributed by atoms with van der Waals surface area (Å²) in [6, 6.07) is 4.84. The summed E-state index contributed by atoms with van der Waals surface area (Å²) in [5.74, 6) is -0.357. The number of nitrogens with zero attached hydrogens (tertiary/aromatic N) is 1. The van der Waals surface area contributed by atoms with Gasteiger partial charge in [0.1, 0.15) is 11.4 Å². The fourth-order valence-corrected chi connectivity index (χ4v) is 2.11. The van der Waals surface area contributed by atoms with Crippen LogP contribution in [0.15, 0.2) is 23.5 Å². The minimum atomic E-state index is -0.274. The molecule has 0 aliphatic heterocycles. The zero-order valence-corrected chi connectivity index (χ0v) is 12.4. The van der Waals surface area contributed by atoms with Crippen molar-refractivity contribution in [2.24, 2.45) is 0 Å². The van der Waals surface area contributed by atoms with Crippen LogP contribution in [0.5, 0.6) is 5.75 Å². The first-order chi connectivity index (χ1) is 10.5. The molecule has 1 aliphatic carbocycles. The number of aromatic hydroxyl groups is 1. The Morgan fingerprint density at radius 2 is 2.23 bits per heavy atom. The van der Waals surface area contributed by atoms with Crippen LogP contribution in [0.2, 0.25) is 0 Å². The molecule has 0 spiro atoms. The number of phenols is 1.